The summed E-state index contributed by atoms with van der Waals surface area (Å²) in [5.74, 6) is 0. The van der Waals surface area contributed by atoms with Crippen molar-refractivity contribution in [2.45, 2.75) is 19.6 Å². The lowest BCUT2D eigenvalue weighted by Crippen LogP contribution is -2.24. The smallest absolute Gasteiger partial charge is 0.136 e. The summed E-state index contributed by atoms with van der Waals surface area (Å²) in [5.41, 5.74) is 1.24. The molecule has 1 aromatic heterocycles. The first kappa shape index (κ1) is 10.4. The highest BCUT2D eigenvalue weighted by Gasteiger charge is 2.21. The van der Waals surface area contributed by atoms with E-state index in [4.69, 9.17) is 0 Å². The molecule has 0 atom stereocenters. The zero-order valence-electron chi connectivity index (χ0n) is 10.0. The van der Waals surface area contributed by atoms with E-state index < -0.39 is 5.72 Å². The maximum atomic E-state index is 10.3. The molecule has 17 heavy (non-hydrogen) atoms. The number of rotatable bonds is 1. The van der Waals surface area contributed by atoms with Crippen LogP contribution in [0.5, 0.6) is 0 Å². The van der Waals surface area contributed by atoms with Gasteiger partial charge in [0.1, 0.15) is 5.72 Å². The van der Waals surface area contributed by atoms with Crippen molar-refractivity contribution >= 4 is 21.8 Å². The van der Waals surface area contributed by atoms with Crippen LogP contribution in [0, 0.1) is 0 Å². The number of hydrogen-bond acceptors (Lipinski definition) is 1. The quantitative estimate of drug-likeness (QED) is 0.674. The lowest BCUT2D eigenvalue weighted by atomic mass is 10.2. The van der Waals surface area contributed by atoms with Crippen molar-refractivity contribution in [3.8, 4) is 0 Å². The van der Waals surface area contributed by atoms with Crippen molar-refractivity contribution in [2.24, 2.45) is 0 Å². The summed E-state index contributed by atoms with van der Waals surface area (Å²) in [6.07, 6.45) is 0. The first-order valence-electron chi connectivity index (χ1n) is 5.80. The molecule has 0 amide bonds. The largest absolute Gasteiger partial charge is 0.371 e. The molecule has 2 aromatic carbocycles. The molecular weight excluding hydrogens is 210 g/mol. The van der Waals surface area contributed by atoms with Crippen molar-refractivity contribution in [1.82, 2.24) is 4.57 Å². The summed E-state index contributed by atoms with van der Waals surface area (Å²) < 4.78 is 1.98. The number of fused-ring (bicyclic) bond motifs is 3. The number of aliphatic hydroxyl groups is 1. The molecule has 1 heterocycles. The molecule has 0 aliphatic heterocycles. The van der Waals surface area contributed by atoms with Crippen LogP contribution in [0.3, 0.4) is 0 Å². The molecule has 0 radical (unpaired) electrons. The molecule has 2 nitrogen and oxygen atoms in total. The molecule has 0 aliphatic rings. The van der Waals surface area contributed by atoms with Crippen LogP contribution in [-0.4, -0.2) is 9.67 Å². The van der Waals surface area contributed by atoms with Crippen LogP contribution < -0.4 is 0 Å². The summed E-state index contributed by atoms with van der Waals surface area (Å²) in [6, 6.07) is 16.4. The number of para-hydroxylation sites is 2. The van der Waals surface area contributed by atoms with Gasteiger partial charge in [-0.15, -0.1) is 0 Å². The van der Waals surface area contributed by atoms with Gasteiger partial charge in [-0.2, -0.15) is 0 Å². The molecule has 1 N–H and O–H groups in total. The Bertz CT molecular complexity index is 636. The van der Waals surface area contributed by atoms with E-state index in [1.807, 2.05) is 54.8 Å². The predicted octanol–water partition coefficient (Wildman–Crippen LogP) is 3.48. The van der Waals surface area contributed by atoms with Gasteiger partial charge in [-0.25, -0.2) is 0 Å². The second kappa shape index (κ2) is 3.34. The SMILES string of the molecule is CC(C)(O)n1c2ccccc2c2ccccc21. The van der Waals surface area contributed by atoms with Gasteiger partial charge in [-0.3, -0.25) is 0 Å². The molecule has 0 unspecified atom stereocenters. The van der Waals surface area contributed by atoms with E-state index >= 15 is 0 Å². The third kappa shape index (κ3) is 1.45. The molecular formula is C15H15NO. The van der Waals surface area contributed by atoms with Crippen molar-refractivity contribution in [1.29, 1.82) is 0 Å². The van der Waals surface area contributed by atoms with Crippen LogP contribution in [0.4, 0.5) is 0 Å². The lowest BCUT2D eigenvalue weighted by Gasteiger charge is -2.22. The Balaban J connectivity index is 2.60. The zero-order chi connectivity index (χ0) is 12.0. The van der Waals surface area contributed by atoms with Crippen molar-refractivity contribution in [3.63, 3.8) is 0 Å². The Hall–Kier alpha value is -1.80. The Morgan fingerprint density at radius 3 is 1.65 bits per heavy atom. The molecule has 2 heteroatoms. The van der Waals surface area contributed by atoms with E-state index in [-0.39, 0.29) is 0 Å². The highest BCUT2D eigenvalue weighted by molar-refractivity contribution is 6.08. The highest BCUT2D eigenvalue weighted by Crippen LogP contribution is 2.32. The van der Waals surface area contributed by atoms with Gasteiger partial charge in [0.2, 0.25) is 0 Å². The minimum absolute atomic E-state index is 0.900. The fraction of sp³-hybridized carbons (Fsp3) is 0.200. The average molecular weight is 225 g/mol. The standard InChI is InChI=1S/C15H15NO/c1-15(2,17)16-13-9-5-3-7-11(13)12-8-4-6-10-14(12)16/h3-10,17H,1-2H3. The minimum atomic E-state index is -0.900. The van der Waals surface area contributed by atoms with E-state index in [1.165, 1.54) is 10.8 Å². The third-order valence-corrected chi connectivity index (χ3v) is 3.13. The molecule has 0 saturated heterocycles. The van der Waals surface area contributed by atoms with Crippen LogP contribution in [0.2, 0.25) is 0 Å². The summed E-state index contributed by atoms with van der Waals surface area (Å²) in [7, 11) is 0. The van der Waals surface area contributed by atoms with E-state index in [9.17, 15) is 5.11 Å². The number of aromatic nitrogens is 1. The van der Waals surface area contributed by atoms with Gasteiger partial charge in [-0.05, 0) is 26.0 Å². The summed E-state index contributed by atoms with van der Waals surface area (Å²) in [6.45, 7) is 3.62. The van der Waals surface area contributed by atoms with Crippen molar-refractivity contribution in [3.05, 3.63) is 48.5 Å². The average Bonchev–Trinajstić information content (AvgIpc) is 2.63. The Morgan fingerprint density at radius 2 is 1.24 bits per heavy atom. The second-order valence-electron chi connectivity index (χ2n) is 4.86. The summed E-state index contributed by atoms with van der Waals surface area (Å²) >= 11 is 0. The van der Waals surface area contributed by atoms with E-state index in [2.05, 4.69) is 12.1 Å². The molecule has 0 aliphatic carbocycles. The molecule has 0 fully saturated rings. The van der Waals surface area contributed by atoms with E-state index in [1.54, 1.807) is 0 Å². The maximum absolute atomic E-state index is 10.3. The van der Waals surface area contributed by atoms with E-state index in [0.29, 0.717) is 0 Å². The van der Waals surface area contributed by atoms with Crippen LogP contribution in [-0.2, 0) is 5.72 Å². The van der Waals surface area contributed by atoms with Crippen molar-refractivity contribution in [2.75, 3.05) is 0 Å². The topological polar surface area (TPSA) is 25.2 Å². The second-order valence-corrected chi connectivity index (χ2v) is 4.86. The predicted molar refractivity (Wildman–Crippen MR) is 71.0 cm³/mol. The van der Waals surface area contributed by atoms with Gasteiger partial charge >= 0.3 is 0 Å². The molecule has 86 valence electrons. The van der Waals surface area contributed by atoms with Gasteiger partial charge in [0.05, 0.1) is 11.0 Å². The van der Waals surface area contributed by atoms with E-state index in [0.717, 1.165) is 11.0 Å². The van der Waals surface area contributed by atoms with Gasteiger partial charge in [0, 0.05) is 10.8 Å². The molecule has 0 saturated carbocycles. The van der Waals surface area contributed by atoms with Gasteiger partial charge in [0.15, 0.2) is 0 Å². The third-order valence-electron chi connectivity index (χ3n) is 3.13. The van der Waals surface area contributed by atoms with Crippen LogP contribution in [0.15, 0.2) is 48.5 Å². The monoisotopic (exact) mass is 225 g/mol. The van der Waals surface area contributed by atoms with Gasteiger partial charge < -0.3 is 9.67 Å². The van der Waals surface area contributed by atoms with Crippen molar-refractivity contribution < 1.29 is 5.11 Å². The molecule has 0 spiro atoms. The van der Waals surface area contributed by atoms with Crippen LogP contribution in [0.25, 0.3) is 21.8 Å². The normalized spacial score (nSPS) is 12.4. The number of hydrogen-bond donors (Lipinski definition) is 1. The van der Waals surface area contributed by atoms with Gasteiger partial charge in [-0.1, -0.05) is 36.4 Å². The molecule has 3 aromatic rings. The Kier molecular flexibility index (Phi) is 2.04. The first-order valence-corrected chi connectivity index (χ1v) is 5.80. The minimum Gasteiger partial charge on any atom is -0.371 e. The number of nitrogens with zero attached hydrogens (tertiary/aromatic N) is 1. The van der Waals surface area contributed by atoms with Crippen LogP contribution >= 0.6 is 0 Å². The maximum Gasteiger partial charge on any atom is 0.136 e. The molecule has 3 rings (SSSR count). The lowest BCUT2D eigenvalue weighted by molar-refractivity contribution is 0.0103. The highest BCUT2D eigenvalue weighted by atomic mass is 16.3. The summed E-state index contributed by atoms with van der Waals surface area (Å²) in [4.78, 5) is 0. The fourth-order valence-electron chi connectivity index (χ4n) is 2.51. The van der Waals surface area contributed by atoms with Gasteiger partial charge in [0.25, 0.3) is 0 Å². The fourth-order valence-corrected chi connectivity index (χ4v) is 2.51. The zero-order valence-corrected chi connectivity index (χ0v) is 10.0. The number of benzene rings is 2. The summed E-state index contributed by atoms with van der Waals surface area (Å²) in [5, 5.41) is 12.7. The Morgan fingerprint density at radius 1 is 0.824 bits per heavy atom. The Labute approximate surface area is 100 Å². The molecule has 0 bridgehead atoms. The first-order chi connectivity index (χ1) is 8.09. The van der Waals surface area contributed by atoms with Crippen LogP contribution in [0.1, 0.15) is 13.8 Å².